The second-order valence-electron chi connectivity index (χ2n) is 5.87. The molecule has 5 nitrogen and oxygen atoms in total. The zero-order valence-corrected chi connectivity index (χ0v) is 12.1. The smallest absolute Gasteiger partial charge is 0.162 e. The molecule has 1 aromatic heterocycles. The van der Waals surface area contributed by atoms with E-state index in [0.717, 1.165) is 47.4 Å². The molecule has 2 aliphatic rings. The molecule has 5 heteroatoms. The van der Waals surface area contributed by atoms with Gasteiger partial charge in [0, 0.05) is 18.5 Å². The molecule has 110 valence electrons. The van der Waals surface area contributed by atoms with Gasteiger partial charge in [0.15, 0.2) is 11.5 Å². The molecule has 0 amide bonds. The number of hydrogen-bond acceptors (Lipinski definition) is 4. The first-order valence-corrected chi connectivity index (χ1v) is 7.47. The number of nitrogens with zero attached hydrogens (tertiary/aromatic N) is 2. The fourth-order valence-corrected chi connectivity index (χ4v) is 3.09. The van der Waals surface area contributed by atoms with Crippen LogP contribution in [0.25, 0.3) is 11.3 Å². The average Bonchev–Trinajstić information content (AvgIpc) is 2.84. The molecule has 0 aliphatic carbocycles. The number of imidazole rings is 1. The summed E-state index contributed by atoms with van der Waals surface area (Å²) < 4.78 is 13.4. The summed E-state index contributed by atoms with van der Waals surface area (Å²) in [5.74, 6) is 4.07. The Morgan fingerprint density at radius 3 is 2.90 bits per heavy atom. The molecular weight excluding hydrogens is 266 g/mol. The zero-order valence-electron chi connectivity index (χ0n) is 12.1. The number of nitrogen functional groups attached to an aromatic ring is 1. The minimum Gasteiger partial charge on any atom is -0.486 e. The van der Waals surface area contributed by atoms with Gasteiger partial charge in [0.05, 0.1) is 0 Å². The highest BCUT2D eigenvalue weighted by Gasteiger charge is 2.23. The molecule has 2 N–H and O–H groups in total. The monoisotopic (exact) mass is 285 g/mol. The third kappa shape index (κ3) is 2.04. The van der Waals surface area contributed by atoms with Crippen LogP contribution in [0.5, 0.6) is 11.5 Å². The van der Waals surface area contributed by atoms with Gasteiger partial charge < -0.3 is 19.8 Å². The van der Waals surface area contributed by atoms with Gasteiger partial charge in [0.25, 0.3) is 0 Å². The largest absolute Gasteiger partial charge is 0.486 e. The van der Waals surface area contributed by atoms with E-state index in [1.807, 2.05) is 18.2 Å². The highest BCUT2D eigenvalue weighted by molar-refractivity contribution is 5.73. The van der Waals surface area contributed by atoms with Gasteiger partial charge in [-0.05, 0) is 30.5 Å². The Bertz CT molecular complexity index is 693. The molecule has 2 aromatic rings. The Hall–Kier alpha value is -2.17. The average molecular weight is 285 g/mol. The number of fused-ring (bicyclic) bond motifs is 2. The molecule has 2 aliphatic heterocycles. The van der Waals surface area contributed by atoms with Crippen LogP contribution in [-0.4, -0.2) is 22.8 Å². The van der Waals surface area contributed by atoms with E-state index in [4.69, 9.17) is 20.2 Å². The molecule has 0 radical (unpaired) electrons. The first-order valence-electron chi connectivity index (χ1n) is 7.47. The lowest BCUT2D eigenvalue weighted by Gasteiger charge is -2.20. The van der Waals surface area contributed by atoms with Crippen molar-refractivity contribution in [2.75, 3.05) is 18.9 Å². The van der Waals surface area contributed by atoms with Crippen LogP contribution in [0.2, 0.25) is 0 Å². The van der Waals surface area contributed by atoms with E-state index in [-0.39, 0.29) is 0 Å². The summed E-state index contributed by atoms with van der Waals surface area (Å²) in [5.41, 5.74) is 8.17. The van der Waals surface area contributed by atoms with E-state index >= 15 is 0 Å². The minimum atomic E-state index is 0.586. The minimum absolute atomic E-state index is 0.586. The number of benzene rings is 1. The third-order valence-electron chi connectivity index (χ3n) is 4.26. The molecule has 0 spiro atoms. The molecular formula is C16H19N3O2. The molecule has 4 rings (SSSR count). The van der Waals surface area contributed by atoms with Gasteiger partial charge in [0.2, 0.25) is 0 Å². The van der Waals surface area contributed by atoms with E-state index in [1.54, 1.807) is 0 Å². The van der Waals surface area contributed by atoms with Gasteiger partial charge in [0.1, 0.15) is 30.5 Å². The molecule has 0 fully saturated rings. The van der Waals surface area contributed by atoms with Crippen molar-refractivity contribution in [2.45, 2.75) is 26.3 Å². The number of nitrogens with two attached hydrogens (primary N) is 1. The molecule has 3 heterocycles. The van der Waals surface area contributed by atoms with E-state index in [1.165, 1.54) is 6.42 Å². The molecule has 0 saturated heterocycles. The van der Waals surface area contributed by atoms with Crippen LogP contribution in [-0.2, 0) is 13.0 Å². The van der Waals surface area contributed by atoms with Crippen molar-refractivity contribution in [1.82, 2.24) is 9.55 Å². The maximum Gasteiger partial charge on any atom is 0.162 e. The van der Waals surface area contributed by atoms with Gasteiger partial charge in [-0.15, -0.1) is 0 Å². The van der Waals surface area contributed by atoms with Crippen molar-refractivity contribution in [3.63, 3.8) is 0 Å². The lowest BCUT2D eigenvalue weighted by atomic mass is 10.0. The van der Waals surface area contributed by atoms with Gasteiger partial charge in [-0.3, -0.25) is 0 Å². The van der Waals surface area contributed by atoms with E-state index < -0.39 is 0 Å². The van der Waals surface area contributed by atoms with Crippen LogP contribution in [0.15, 0.2) is 18.2 Å². The van der Waals surface area contributed by atoms with Crippen LogP contribution in [0, 0.1) is 5.92 Å². The van der Waals surface area contributed by atoms with Crippen molar-refractivity contribution in [2.24, 2.45) is 5.92 Å². The van der Waals surface area contributed by atoms with Crippen LogP contribution >= 0.6 is 0 Å². The number of aryl methyl sites for hydroxylation is 1. The van der Waals surface area contributed by atoms with E-state index in [9.17, 15) is 0 Å². The summed E-state index contributed by atoms with van der Waals surface area (Å²) in [7, 11) is 0. The van der Waals surface area contributed by atoms with Crippen LogP contribution < -0.4 is 15.2 Å². The van der Waals surface area contributed by atoms with Crippen molar-refractivity contribution < 1.29 is 9.47 Å². The number of anilines is 1. The van der Waals surface area contributed by atoms with Gasteiger partial charge in [-0.25, -0.2) is 4.98 Å². The zero-order chi connectivity index (χ0) is 14.4. The fourth-order valence-electron chi connectivity index (χ4n) is 3.09. The first-order chi connectivity index (χ1) is 10.2. The van der Waals surface area contributed by atoms with Crippen molar-refractivity contribution in [3.05, 3.63) is 24.0 Å². The van der Waals surface area contributed by atoms with Crippen LogP contribution in [0.4, 0.5) is 5.82 Å². The molecule has 21 heavy (non-hydrogen) atoms. The quantitative estimate of drug-likeness (QED) is 0.874. The summed E-state index contributed by atoms with van der Waals surface area (Å²) in [6.45, 7) is 4.40. The number of rotatable bonds is 1. The number of hydrogen-bond donors (Lipinski definition) is 1. The topological polar surface area (TPSA) is 62.3 Å². The Kier molecular flexibility index (Phi) is 2.80. The first kappa shape index (κ1) is 12.6. The third-order valence-corrected chi connectivity index (χ3v) is 4.26. The SMILES string of the molecule is CC1CCc2nc(-c3ccc4c(c3)OCCO4)c(N)n2C1. The second kappa shape index (κ2) is 4.69. The van der Waals surface area contributed by atoms with Crippen LogP contribution in [0.3, 0.4) is 0 Å². The Balaban J connectivity index is 1.77. The van der Waals surface area contributed by atoms with Crippen LogP contribution in [0.1, 0.15) is 19.2 Å². The maximum absolute atomic E-state index is 6.32. The van der Waals surface area contributed by atoms with Crippen molar-refractivity contribution >= 4 is 5.82 Å². The van der Waals surface area contributed by atoms with Crippen molar-refractivity contribution in [1.29, 1.82) is 0 Å². The lowest BCUT2D eigenvalue weighted by molar-refractivity contribution is 0.171. The standard InChI is InChI=1S/C16H19N3O2/c1-10-2-5-14-18-15(16(17)19(14)9-10)11-3-4-12-13(8-11)21-7-6-20-12/h3-4,8,10H,2,5-7,9,17H2,1H3. The maximum atomic E-state index is 6.32. The summed E-state index contributed by atoms with van der Waals surface area (Å²) in [5, 5.41) is 0. The van der Waals surface area contributed by atoms with Gasteiger partial charge >= 0.3 is 0 Å². The van der Waals surface area contributed by atoms with E-state index in [0.29, 0.717) is 19.1 Å². The summed E-state index contributed by atoms with van der Waals surface area (Å²) in [6.07, 6.45) is 2.17. The fraction of sp³-hybridized carbons (Fsp3) is 0.438. The molecule has 0 saturated carbocycles. The van der Waals surface area contributed by atoms with Crippen molar-refractivity contribution in [3.8, 4) is 22.8 Å². The van der Waals surface area contributed by atoms with Gasteiger partial charge in [-0.2, -0.15) is 0 Å². The summed E-state index contributed by atoms with van der Waals surface area (Å²) >= 11 is 0. The second-order valence-corrected chi connectivity index (χ2v) is 5.87. The van der Waals surface area contributed by atoms with E-state index in [2.05, 4.69) is 11.5 Å². The number of ether oxygens (including phenoxy) is 2. The summed E-state index contributed by atoms with van der Waals surface area (Å²) in [4.78, 5) is 4.75. The Labute approximate surface area is 123 Å². The lowest BCUT2D eigenvalue weighted by Crippen LogP contribution is -2.19. The number of aromatic nitrogens is 2. The highest BCUT2D eigenvalue weighted by Crippen LogP contribution is 2.37. The summed E-state index contributed by atoms with van der Waals surface area (Å²) in [6, 6.07) is 5.91. The Morgan fingerprint density at radius 2 is 2.05 bits per heavy atom. The predicted molar refractivity (Wildman–Crippen MR) is 80.6 cm³/mol. The van der Waals surface area contributed by atoms with Gasteiger partial charge in [-0.1, -0.05) is 6.92 Å². The molecule has 1 aromatic carbocycles. The Morgan fingerprint density at radius 1 is 1.24 bits per heavy atom. The highest BCUT2D eigenvalue weighted by atomic mass is 16.6. The molecule has 0 bridgehead atoms. The predicted octanol–water partition coefficient (Wildman–Crippen LogP) is 2.49. The molecule has 1 unspecified atom stereocenters. The molecule has 1 atom stereocenters. The normalized spacial score (nSPS) is 20.1.